The molecule has 1 aromatic carbocycles. The number of hydrogen-bond acceptors (Lipinski definition) is 3. The van der Waals surface area contributed by atoms with Crippen molar-refractivity contribution in [3.63, 3.8) is 0 Å². The van der Waals surface area contributed by atoms with Crippen LogP contribution in [0.4, 0.5) is 0 Å². The molecule has 130 valence electrons. The van der Waals surface area contributed by atoms with Gasteiger partial charge in [0.2, 0.25) is 0 Å². The zero-order valence-corrected chi connectivity index (χ0v) is 18.0. The molecule has 1 unspecified atom stereocenters. The standard InChI is InChI=1S/C15H22BrN3O2S.HI/c1-3-17-15(19-14-6-7-22(20,21)10-14)18-9-12-4-5-13(16)8-11(12)2;/h4-5,8,14H,3,6-7,9-10H2,1-2H3,(H2,17,18,19);1H. The number of nitrogens with zero attached hydrogens (tertiary/aromatic N) is 1. The molecule has 0 saturated carbocycles. The van der Waals surface area contributed by atoms with Crippen LogP contribution in [0.5, 0.6) is 0 Å². The Labute approximate surface area is 163 Å². The summed E-state index contributed by atoms with van der Waals surface area (Å²) in [4.78, 5) is 4.57. The van der Waals surface area contributed by atoms with Crippen molar-refractivity contribution in [3.05, 3.63) is 33.8 Å². The highest BCUT2D eigenvalue weighted by atomic mass is 127. The van der Waals surface area contributed by atoms with E-state index >= 15 is 0 Å². The van der Waals surface area contributed by atoms with Gasteiger partial charge in [0.1, 0.15) is 0 Å². The van der Waals surface area contributed by atoms with Crippen LogP contribution in [0.2, 0.25) is 0 Å². The lowest BCUT2D eigenvalue weighted by Crippen LogP contribution is -2.44. The fraction of sp³-hybridized carbons (Fsp3) is 0.533. The van der Waals surface area contributed by atoms with Crippen LogP contribution in [-0.2, 0) is 16.4 Å². The van der Waals surface area contributed by atoms with Crippen LogP contribution in [0.3, 0.4) is 0 Å². The van der Waals surface area contributed by atoms with Gasteiger partial charge in [0, 0.05) is 17.1 Å². The SMILES string of the molecule is CCNC(=NCc1ccc(Br)cc1C)NC1CCS(=O)(=O)C1.I. The molecule has 0 spiro atoms. The molecule has 5 nitrogen and oxygen atoms in total. The summed E-state index contributed by atoms with van der Waals surface area (Å²) in [5.41, 5.74) is 2.33. The third-order valence-electron chi connectivity index (χ3n) is 3.63. The molecule has 23 heavy (non-hydrogen) atoms. The minimum absolute atomic E-state index is 0. The molecule has 0 amide bonds. The normalized spacial score (nSPS) is 20.0. The molecule has 1 aliphatic heterocycles. The van der Waals surface area contributed by atoms with E-state index in [1.165, 1.54) is 5.56 Å². The Hall–Kier alpha value is -0.350. The Bertz CT molecular complexity index is 665. The van der Waals surface area contributed by atoms with Crippen LogP contribution in [0.25, 0.3) is 0 Å². The van der Waals surface area contributed by atoms with Crippen LogP contribution in [0.1, 0.15) is 24.5 Å². The highest BCUT2D eigenvalue weighted by molar-refractivity contribution is 14.0. The van der Waals surface area contributed by atoms with Crippen molar-refractivity contribution in [1.29, 1.82) is 0 Å². The molecule has 2 rings (SSSR count). The molecule has 0 radical (unpaired) electrons. The number of nitrogens with one attached hydrogen (secondary N) is 2. The predicted octanol–water partition coefficient (Wildman–Crippen LogP) is 2.62. The van der Waals surface area contributed by atoms with Crippen LogP contribution in [0, 0.1) is 6.92 Å². The minimum Gasteiger partial charge on any atom is -0.357 e. The maximum Gasteiger partial charge on any atom is 0.191 e. The topological polar surface area (TPSA) is 70.6 Å². The van der Waals surface area contributed by atoms with Crippen molar-refractivity contribution in [2.24, 2.45) is 4.99 Å². The molecular formula is C15H23BrIN3O2S. The quantitative estimate of drug-likeness (QED) is 0.367. The number of rotatable bonds is 4. The van der Waals surface area contributed by atoms with Crippen LogP contribution in [0.15, 0.2) is 27.7 Å². The lowest BCUT2D eigenvalue weighted by atomic mass is 10.1. The van der Waals surface area contributed by atoms with Gasteiger partial charge in [-0.2, -0.15) is 0 Å². The highest BCUT2D eigenvalue weighted by Gasteiger charge is 2.28. The number of sulfone groups is 1. The van der Waals surface area contributed by atoms with E-state index in [0.29, 0.717) is 18.9 Å². The second-order valence-corrected chi connectivity index (χ2v) is 8.65. The van der Waals surface area contributed by atoms with E-state index < -0.39 is 9.84 Å². The van der Waals surface area contributed by atoms with Gasteiger partial charge in [0.25, 0.3) is 0 Å². The van der Waals surface area contributed by atoms with E-state index in [1.54, 1.807) is 0 Å². The van der Waals surface area contributed by atoms with Crippen molar-refractivity contribution in [1.82, 2.24) is 10.6 Å². The third-order valence-corrected chi connectivity index (χ3v) is 5.89. The average Bonchev–Trinajstić information content (AvgIpc) is 2.77. The number of hydrogen-bond donors (Lipinski definition) is 2. The van der Waals surface area contributed by atoms with E-state index in [2.05, 4.69) is 44.5 Å². The van der Waals surface area contributed by atoms with Gasteiger partial charge in [-0.25, -0.2) is 13.4 Å². The first-order valence-electron chi connectivity index (χ1n) is 7.40. The van der Waals surface area contributed by atoms with Gasteiger partial charge in [-0.05, 0) is 43.5 Å². The van der Waals surface area contributed by atoms with E-state index in [0.717, 1.165) is 16.6 Å². The molecule has 1 aliphatic rings. The van der Waals surface area contributed by atoms with Crippen molar-refractivity contribution < 1.29 is 8.42 Å². The minimum atomic E-state index is -2.89. The predicted molar refractivity (Wildman–Crippen MR) is 109 cm³/mol. The summed E-state index contributed by atoms with van der Waals surface area (Å²) in [6, 6.07) is 6.07. The zero-order chi connectivity index (χ0) is 16.2. The molecule has 1 fully saturated rings. The molecule has 1 aromatic rings. The molecule has 0 aliphatic carbocycles. The molecule has 0 bridgehead atoms. The number of guanidine groups is 1. The van der Waals surface area contributed by atoms with Gasteiger partial charge in [-0.15, -0.1) is 24.0 Å². The number of aliphatic imine (C=N–C) groups is 1. The molecule has 1 heterocycles. The molecule has 8 heteroatoms. The Kier molecular flexibility index (Phi) is 8.29. The lowest BCUT2D eigenvalue weighted by molar-refractivity contribution is 0.599. The Balaban J connectivity index is 0.00000264. The molecule has 0 aromatic heterocycles. The number of benzene rings is 1. The van der Waals surface area contributed by atoms with Crippen molar-refractivity contribution >= 4 is 55.7 Å². The summed E-state index contributed by atoms with van der Waals surface area (Å²) in [7, 11) is -2.89. The highest BCUT2D eigenvalue weighted by Crippen LogP contribution is 2.16. The third kappa shape index (κ3) is 6.58. The number of aryl methyl sites for hydroxylation is 1. The van der Waals surface area contributed by atoms with E-state index in [4.69, 9.17) is 0 Å². The fourth-order valence-electron chi connectivity index (χ4n) is 2.42. The lowest BCUT2D eigenvalue weighted by Gasteiger charge is -2.16. The molecule has 1 saturated heterocycles. The van der Waals surface area contributed by atoms with Crippen molar-refractivity contribution in [2.75, 3.05) is 18.1 Å². The zero-order valence-electron chi connectivity index (χ0n) is 13.3. The Morgan fingerprint density at radius 1 is 1.43 bits per heavy atom. The monoisotopic (exact) mass is 515 g/mol. The van der Waals surface area contributed by atoms with Crippen LogP contribution in [-0.4, -0.2) is 38.5 Å². The van der Waals surface area contributed by atoms with Gasteiger partial charge >= 0.3 is 0 Å². The number of halogens is 2. The summed E-state index contributed by atoms with van der Waals surface area (Å²) >= 11 is 3.45. The largest absolute Gasteiger partial charge is 0.357 e. The Morgan fingerprint density at radius 2 is 2.17 bits per heavy atom. The van der Waals surface area contributed by atoms with Crippen LogP contribution >= 0.6 is 39.9 Å². The summed E-state index contributed by atoms with van der Waals surface area (Å²) in [6.45, 7) is 5.35. The summed E-state index contributed by atoms with van der Waals surface area (Å²) in [6.07, 6.45) is 0.643. The smallest absolute Gasteiger partial charge is 0.191 e. The van der Waals surface area contributed by atoms with Gasteiger partial charge < -0.3 is 10.6 Å². The van der Waals surface area contributed by atoms with E-state index in [1.807, 2.05) is 19.1 Å². The van der Waals surface area contributed by atoms with E-state index in [-0.39, 0.29) is 41.5 Å². The maximum absolute atomic E-state index is 11.5. The molecule has 1 atom stereocenters. The Morgan fingerprint density at radius 3 is 2.74 bits per heavy atom. The first-order chi connectivity index (χ1) is 10.4. The second-order valence-electron chi connectivity index (χ2n) is 5.51. The maximum atomic E-state index is 11.5. The molecular weight excluding hydrogens is 493 g/mol. The summed E-state index contributed by atoms with van der Waals surface area (Å²) in [5, 5.41) is 6.40. The van der Waals surface area contributed by atoms with Crippen molar-refractivity contribution in [2.45, 2.75) is 32.9 Å². The van der Waals surface area contributed by atoms with Gasteiger partial charge in [0.05, 0.1) is 18.1 Å². The van der Waals surface area contributed by atoms with E-state index in [9.17, 15) is 8.42 Å². The van der Waals surface area contributed by atoms with Gasteiger partial charge in [-0.1, -0.05) is 22.0 Å². The fourth-order valence-corrected chi connectivity index (χ4v) is 4.57. The average molecular weight is 516 g/mol. The first kappa shape index (κ1) is 20.7. The second kappa shape index (κ2) is 9.22. The summed E-state index contributed by atoms with van der Waals surface area (Å²) < 4.78 is 24.1. The molecule has 2 N–H and O–H groups in total. The van der Waals surface area contributed by atoms with Crippen LogP contribution < -0.4 is 10.6 Å². The first-order valence-corrected chi connectivity index (χ1v) is 10.0. The van der Waals surface area contributed by atoms with Crippen molar-refractivity contribution in [3.8, 4) is 0 Å². The van der Waals surface area contributed by atoms with Gasteiger partial charge in [-0.3, -0.25) is 0 Å². The van der Waals surface area contributed by atoms with Gasteiger partial charge in [0.15, 0.2) is 15.8 Å². The summed E-state index contributed by atoms with van der Waals surface area (Å²) in [5.74, 6) is 1.12.